The molecule has 10 heteroatoms. The van der Waals surface area contributed by atoms with Gasteiger partial charge in [0.1, 0.15) is 6.10 Å². The predicted octanol–water partition coefficient (Wildman–Crippen LogP) is 1.10. The summed E-state index contributed by atoms with van der Waals surface area (Å²) in [6.07, 6.45) is -0.387. The van der Waals surface area contributed by atoms with Gasteiger partial charge in [0.25, 0.3) is 0 Å². The van der Waals surface area contributed by atoms with Gasteiger partial charge in [-0.25, -0.2) is 5.06 Å². The Balaban J connectivity index is 1.85. The lowest BCUT2D eigenvalue weighted by molar-refractivity contribution is 0.0839. The SMILES string of the molecule is COc1cc(N2C=C(c3ccc(N(CC(O)CO)CC(O)CO)cc3)C(C)O2)cc(OC)c1O. The molecule has 1 heterocycles. The van der Waals surface area contributed by atoms with E-state index in [-0.39, 0.29) is 36.4 Å². The topological polar surface area (TPSA) is 135 Å². The predicted molar refractivity (Wildman–Crippen MR) is 127 cm³/mol. The van der Waals surface area contributed by atoms with Crippen LogP contribution in [0.4, 0.5) is 11.4 Å². The van der Waals surface area contributed by atoms with E-state index in [4.69, 9.17) is 14.3 Å². The number of ether oxygens (including phenoxy) is 2. The van der Waals surface area contributed by atoms with Crippen molar-refractivity contribution in [3.8, 4) is 17.2 Å². The number of nitrogens with zero attached hydrogens (tertiary/aromatic N) is 2. The van der Waals surface area contributed by atoms with Crippen LogP contribution < -0.4 is 19.4 Å². The zero-order chi connectivity index (χ0) is 24.8. The number of anilines is 2. The van der Waals surface area contributed by atoms with E-state index in [1.165, 1.54) is 14.2 Å². The third-order valence-corrected chi connectivity index (χ3v) is 5.53. The van der Waals surface area contributed by atoms with Crippen molar-refractivity contribution in [3.63, 3.8) is 0 Å². The van der Waals surface area contributed by atoms with Crippen LogP contribution in [-0.4, -0.2) is 84.4 Å². The number of methoxy groups -OCH3 is 2. The van der Waals surface area contributed by atoms with Gasteiger partial charge in [0.05, 0.1) is 45.3 Å². The molecule has 3 rings (SSSR count). The Labute approximate surface area is 198 Å². The summed E-state index contributed by atoms with van der Waals surface area (Å²) in [5.74, 6) is 0.419. The van der Waals surface area contributed by atoms with Crippen LogP contribution in [-0.2, 0) is 4.84 Å². The molecule has 34 heavy (non-hydrogen) atoms. The molecule has 0 amide bonds. The fourth-order valence-electron chi connectivity index (χ4n) is 3.71. The minimum absolute atomic E-state index is 0.0945. The van der Waals surface area contributed by atoms with Gasteiger partial charge in [-0.15, -0.1) is 0 Å². The number of aliphatic hydroxyl groups excluding tert-OH is 4. The van der Waals surface area contributed by atoms with Gasteiger partial charge in [-0.2, -0.15) is 0 Å². The molecule has 1 aliphatic heterocycles. The van der Waals surface area contributed by atoms with E-state index in [1.807, 2.05) is 37.4 Å². The van der Waals surface area contributed by atoms with Gasteiger partial charge < -0.3 is 39.9 Å². The van der Waals surface area contributed by atoms with E-state index >= 15 is 0 Å². The highest BCUT2D eigenvalue weighted by molar-refractivity contribution is 5.75. The summed E-state index contributed by atoms with van der Waals surface area (Å²) in [5, 5.41) is 49.9. The van der Waals surface area contributed by atoms with Crippen LogP contribution in [0.5, 0.6) is 17.2 Å². The largest absolute Gasteiger partial charge is 0.502 e. The molecular weight excluding hydrogens is 444 g/mol. The molecule has 0 saturated heterocycles. The average molecular weight is 477 g/mol. The van der Waals surface area contributed by atoms with E-state index < -0.39 is 25.4 Å². The Bertz CT molecular complexity index is 944. The third-order valence-electron chi connectivity index (χ3n) is 5.53. The Morgan fingerprint density at radius 2 is 1.50 bits per heavy atom. The van der Waals surface area contributed by atoms with Crippen molar-refractivity contribution >= 4 is 16.9 Å². The highest BCUT2D eigenvalue weighted by Crippen LogP contribution is 2.42. The van der Waals surface area contributed by atoms with Crippen molar-refractivity contribution in [2.45, 2.75) is 25.2 Å². The van der Waals surface area contributed by atoms with Crippen molar-refractivity contribution in [1.82, 2.24) is 0 Å². The van der Waals surface area contributed by atoms with E-state index in [1.54, 1.807) is 22.1 Å². The summed E-state index contributed by atoms with van der Waals surface area (Å²) in [4.78, 5) is 7.69. The van der Waals surface area contributed by atoms with Crippen LogP contribution in [0.1, 0.15) is 12.5 Å². The maximum Gasteiger partial charge on any atom is 0.200 e. The molecule has 0 spiro atoms. The van der Waals surface area contributed by atoms with Gasteiger partial charge in [0.2, 0.25) is 5.75 Å². The number of rotatable bonds is 11. The molecular formula is C24H32N2O8. The number of aliphatic hydroxyl groups is 4. The molecule has 0 bridgehead atoms. The highest BCUT2D eigenvalue weighted by Gasteiger charge is 2.26. The second-order valence-electron chi connectivity index (χ2n) is 7.98. The lowest BCUT2D eigenvalue weighted by Crippen LogP contribution is -2.40. The van der Waals surface area contributed by atoms with Crippen LogP contribution >= 0.6 is 0 Å². The molecule has 186 valence electrons. The lowest BCUT2D eigenvalue weighted by Gasteiger charge is -2.28. The van der Waals surface area contributed by atoms with E-state index in [9.17, 15) is 25.5 Å². The maximum atomic E-state index is 10.2. The summed E-state index contributed by atoms with van der Waals surface area (Å²) in [7, 11) is 2.91. The summed E-state index contributed by atoms with van der Waals surface area (Å²) >= 11 is 0. The van der Waals surface area contributed by atoms with E-state index in [0.29, 0.717) is 5.69 Å². The first-order chi connectivity index (χ1) is 16.3. The number of hydroxylamine groups is 1. The van der Waals surface area contributed by atoms with Crippen LogP contribution in [0.2, 0.25) is 0 Å². The van der Waals surface area contributed by atoms with Crippen LogP contribution in [0.25, 0.3) is 5.57 Å². The Morgan fingerprint density at radius 1 is 0.971 bits per heavy atom. The lowest BCUT2D eigenvalue weighted by atomic mass is 10.0. The zero-order valence-corrected chi connectivity index (χ0v) is 19.5. The number of benzene rings is 2. The van der Waals surface area contributed by atoms with Crippen molar-refractivity contribution in [1.29, 1.82) is 0 Å². The molecule has 2 aromatic rings. The number of hydrogen-bond acceptors (Lipinski definition) is 10. The van der Waals surface area contributed by atoms with Crippen molar-refractivity contribution < 1.29 is 39.8 Å². The summed E-state index contributed by atoms with van der Waals surface area (Å²) in [5.41, 5.74) is 3.16. The second-order valence-corrected chi connectivity index (χ2v) is 7.98. The number of hydrogen-bond donors (Lipinski definition) is 5. The third kappa shape index (κ3) is 5.72. The highest BCUT2D eigenvalue weighted by atomic mass is 16.7. The van der Waals surface area contributed by atoms with E-state index in [0.717, 1.165) is 16.8 Å². The quantitative estimate of drug-likeness (QED) is 0.321. The van der Waals surface area contributed by atoms with Gasteiger partial charge in [0.15, 0.2) is 11.5 Å². The Kier molecular flexibility index (Phi) is 8.59. The molecule has 0 aliphatic carbocycles. The van der Waals surface area contributed by atoms with Crippen molar-refractivity contribution in [2.24, 2.45) is 0 Å². The molecule has 2 aromatic carbocycles. The van der Waals surface area contributed by atoms with Crippen LogP contribution in [0, 0.1) is 0 Å². The molecule has 0 saturated carbocycles. The molecule has 10 nitrogen and oxygen atoms in total. The monoisotopic (exact) mass is 476 g/mol. The molecule has 0 radical (unpaired) electrons. The smallest absolute Gasteiger partial charge is 0.200 e. The zero-order valence-electron chi connectivity index (χ0n) is 19.5. The number of phenols is 1. The first kappa shape index (κ1) is 25.6. The van der Waals surface area contributed by atoms with Gasteiger partial charge in [-0.3, -0.25) is 4.84 Å². The standard InChI is InChI=1S/C24H32N2O8/c1-15-21(12-26(34-15)18-8-22(32-2)24(31)23(9-18)33-3)16-4-6-17(7-5-16)25(10-19(29)13-27)11-20(30)14-28/h4-9,12,15,19-20,27-31H,10-11,13-14H2,1-3H3. The first-order valence-corrected chi connectivity index (χ1v) is 10.9. The van der Waals surface area contributed by atoms with E-state index in [2.05, 4.69) is 0 Å². The van der Waals surface area contributed by atoms with Gasteiger partial charge in [-0.1, -0.05) is 12.1 Å². The Hall–Kier alpha value is -3.02. The summed E-state index contributed by atoms with van der Waals surface area (Å²) in [6.45, 7) is 1.30. The van der Waals surface area contributed by atoms with Crippen LogP contribution in [0.3, 0.4) is 0 Å². The molecule has 0 fully saturated rings. The Morgan fingerprint density at radius 3 is 1.97 bits per heavy atom. The fourth-order valence-corrected chi connectivity index (χ4v) is 3.71. The minimum Gasteiger partial charge on any atom is -0.502 e. The maximum absolute atomic E-state index is 10.2. The van der Waals surface area contributed by atoms with Crippen molar-refractivity contribution in [3.05, 3.63) is 48.2 Å². The molecule has 3 unspecified atom stereocenters. The van der Waals surface area contributed by atoms with Gasteiger partial charge in [0, 0.05) is 42.7 Å². The van der Waals surface area contributed by atoms with Gasteiger partial charge >= 0.3 is 0 Å². The van der Waals surface area contributed by atoms with Gasteiger partial charge in [-0.05, 0) is 24.6 Å². The molecule has 1 aliphatic rings. The van der Waals surface area contributed by atoms with Crippen molar-refractivity contribution in [2.75, 3.05) is 50.5 Å². The normalized spacial score (nSPS) is 17.3. The number of aromatic hydroxyl groups is 1. The second kappa shape index (κ2) is 11.4. The molecule has 5 N–H and O–H groups in total. The van der Waals surface area contributed by atoms with Crippen LogP contribution in [0.15, 0.2) is 42.6 Å². The molecule has 3 atom stereocenters. The number of phenolic OH excluding ortho intramolecular Hbond substituents is 1. The summed E-state index contributed by atoms with van der Waals surface area (Å²) < 4.78 is 10.5. The first-order valence-electron chi connectivity index (χ1n) is 10.9. The average Bonchev–Trinajstić information content (AvgIpc) is 3.25. The fraction of sp³-hybridized carbons (Fsp3) is 0.417. The minimum atomic E-state index is -0.982. The molecule has 0 aromatic heterocycles. The summed E-state index contributed by atoms with van der Waals surface area (Å²) in [6, 6.07) is 10.8.